The lowest BCUT2D eigenvalue weighted by molar-refractivity contribution is -0.870. The highest BCUT2D eigenvalue weighted by molar-refractivity contribution is 7.45. The Labute approximate surface area is 417 Å². The molecule has 3 atom stereocenters. The van der Waals surface area contributed by atoms with Crippen molar-refractivity contribution in [3.8, 4) is 0 Å². The lowest BCUT2D eigenvalue weighted by Crippen LogP contribution is -2.47. The number of phosphoric acid groups is 1. The van der Waals surface area contributed by atoms with Gasteiger partial charge in [0.2, 0.25) is 5.91 Å². The summed E-state index contributed by atoms with van der Waals surface area (Å²) in [7, 11) is 1.11. The van der Waals surface area contributed by atoms with E-state index in [1.165, 1.54) is 89.9 Å². The van der Waals surface area contributed by atoms with E-state index in [1.807, 2.05) is 94.1 Å². The third kappa shape index (κ3) is 47.7. The Bertz CT molecular complexity index is 1530. The molecule has 1 N–H and O–H groups in total. The fourth-order valence-corrected chi connectivity index (χ4v) is 7.68. The summed E-state index contributed by atoms with van der Waals surface area (Å²) < 4.78 is 30.0. The van der Waals surface area contributed by atoms with Crippen molar-refractivity contribution in [2.45, 2.75) is 206 Å². The molecule has 0 spiro atoms. The van der Waals surface area contributed by atoms with Crippen LogP contribution in [0.2, 0.25) is 0 Å². The Morgan fingerprint density at radius 3 is 1.56 bits per heavy atom. The van der Waals surface area contributed by atoms with Crippen LogP contribution in [0, 0.1) is 0 Å². The van der Waals surface area contributed by atoms with E-state index in [0.29, 0.717) is 23.9 Å². The Kier molecular flexibility index (Phi) is 45.0. The van der Waals surface area contributed by atoms with Crippen molar-refractivity contribution >= 4 is 19.7 Å². The second-order valence-corrected chi connectivity index (χ2v) is 20.2. The topological polar surface area (TPSA) is 114 Å². The lowest BCUT2D eigenvalue weighted by atomic mass is 10.1. The van der Waals surface area contributed by atoms with E-state index in [9.17, 15) is 19.0 Å². The Hall–Kier alpha value is -3.33. The molecule has 0 aliphatic rings. The fraction of sp³-hybridized carbons (Fsp3) is 0.655. The van der Waals surface area contributed by atoms with E-state index in [-0.39, 0.29) is 25.4 Å². The van der Waals surface area contributed by atoms with Gasteiger partial charge in [-0.2, -0.15) is 0 Å². The molecule has 9 nitrogen and oxygen atoms in total. The SMILES string of the molecule is CC\C=C/C=C/C=C/C=C\C=C\C=C\CCCCCC(=O)NC(COP(=O)([O-])OCC[N+](C)(C)C)C(/C=C\CCCCCCCCCCCC)OC(=O)CC/C=C/C/C=C\CCCCCCCC. The first-order valence-electron chi connectivity index (χ1n) is 26.8. The van der Waals surface area contributed by atoms with Crippen molar-refractivity contribution in [3.05, 3.63) is 109 Å². The van der Waals surface area contributed by atoms with Gasteiger partial charge in [0.05, 0.1) is 33.8 Å². The normalized spacial score (nSPS) is 14.8. The van der Waals surface area contributed by atoms with Crippen LogP contribution in [-0.2, 0) is 27.9 Å². The molecular weight excluding hydrogens is 868 g/mol. The average Bonchev–Trinajstić information content (AvgIpc) is 3.29. The van der Waals surface area contributed by atoms with Crippen LogP contribution in [0.15, 0.2) is 109 Å². The molecule has 0 aromatic rings. The minimum atomic E-state index is -4.72. The van der Waals surface area contributed by atoms with Gasteiger partial charge in [-0.15, -0.1) is 0 Å². The number of phosphoric ester groups is 1. The second-order valence-electron chi connectivity index (χ2n) is 18.8. The summed E-state index contributed by atoms with van der Waals surface area (Å²) in [5.74, 6) is -0.682. The Balaban J connectivity index is 5.59. The molecule has 0 saturated carbocycles. The highest BCUT2D eigenvalue weighted by Gasteiger charge is 2.27. The smallest absolute Gasteiger partial charge is 0.306 e. The van der Waals surface area contributed by atoms with Crippen molar-refractivity contribution in [2.75, 3.05) is 40.9 Å². The summed E-state index contributed by atoms with van der Waals surface area (Å²) >= 11 is 0. The third-order valence-electron chi connectivity index (χ3n) is 11.1. The number of hydrogen-bond donors (Lipinski definition) is 1. The molecule has 10 heteroatoms. The minimum Gasteiger partial charge on any atom is -0.756 e. The summed E-state index contributed by atoms with van der Waals surface area (Å²) in [5, 5.41) is 2.97. The van der Waals surface area contributed by atoms with Gasteiger partial charge in [-0.3, -0.25) is 14.2 Å². The van der Waals surface area contributed by atoms with E-state index in [2.05, 4.69) is 56.5 Å². The highest BCUT2D eigenvalue weighted by atomic mass is 31.2. The van der Waals surface area contributed by atoms with Crippen LogP contribution in [0.25, 0.3) is 0 Å². The maximum atomic E-state index is 13.4. The monoisotopic (exact) mass is 967 g/mol. The fourth-order valence-electron chi connectivity index (χ4n) is 6.96. The standard InChI is InChI=1S/C58H99N2O7P/c1-7-10-13-16-19-22-25-28-29-30-31-33-35-38-41-44-47-50-57(61)59-55(54-66-68(63,64)65-53-52-60(4,5)6)56(49-46-43-40-37-34-27-24-21-18-15-12-9-3)67-58(62)51-48-45-42-39-36-32-26-23-20-17-14-11-8-2/h10,13,16,19,22,25,28-33,35-36,42,45-46,49,55-56H,7-9,11-12,14-15,17-18,20-21,23-24,26-27,34,37-41,43-44,47-48,50-54H2,1-6H3,(H-,59,61,63,64)/b13-10-,19-16+,25-22+,29-28-,31-30+,35-33+,36-32-,45-42+,49-46-. The van der Waals surface area contributed by atoms with Crippen LogP contribution in [-0.4, -0.2) is 69.4 Å². The van der Waals surface area contributed by atoms with Gasteiger partial charge in [0.25, 0.3) is 7.82 Å². The van der Waals surface area contributed by atoms with E-state index in [1.54, 1.807) is 6.08 Å². The molecule has 1 amide bonds. The number of likely N-dealkylation sites (N-methyl/N-ethyl adjacent to an activating group) is 1. The molecule has 3 unspecified atom stereocenters. The molecule has 0 bridgehead atoms. The van der Waals surface area contributed by atoms with Crippen LogP contribution in [0.5, 0.6) is 0 Å². The predicted molar refractivity (Wildman–Crippen MR) is 288 cm³/mol. The zero-order valence-corrected chi connectivity index (χ0v) is 44.9. The first kappa shape index (κ1) is 64.7. The number of rotatable bonds is 46. The summed E-state index contributed by atoms with van der Waals surface area (Å²) in [6, 6.07) is -0.939. The summed E-state index contributed by atoms with van der Waals surface area (Å²) in [6.07, 6.45) is 63.6. The van der Waals surface area contributed by atoms with Crippen LogP contribution in [0.4, 0.5) is 0 Å². The molecular formula is C58H99N2O7P. The average molecular weight is 967 g/mol. The van der Waals surface area contributed by atoms with Crippen molar-refractivity contribution in [3.63, 3.8) is 0 Å². The molecule has 0 radical (unpaired) electrons. The number of nitrogens with zero attached hydrogens (tertiary/aromatic N) is 1. The molecule has 0 aliphatic heterocycles. The Morgan fingerprint density at radius 2 is 1.01 bits per heavy atom. The number of amides is 1. The third-order valence-corrected chi connectivity index (χ3v) is 12.1. The number of unbranched alkanes of at least 4 members (excludes halogenated alkanes) is 19. The summed E-state index contributed by atoms with van der Waals surface area (Å²) in [4.78, 5) is 39.7. The Morgan fingerprint density at radius 1 is 0.544 bits per heavy atom. The first-order valence-corrected chi connectivity index (χ1v) is 28.2. The quantitative estimate of drug-likeness (QED) is 0.0161. The van der Waals surface area contributed by atoms with Crippen LogP contribution in [0.1, 0.15) is 194 Å². The van der Waals surface area contributed by atoms with Crippen LogP contribution >= 0.6 is 7.82 Å². The molecule has 0 rings (SSSR count). The van der Waals surface area contributed by atoms with Gasteiger partial charge in [-0.05, 0) is 70.3 Å². The van der Waals surface area contributed by atoms with Gasteiger partial charge < -0.3 is 28.5 Å². The van der Waals surface area contributed by atoms with Crippen molar-refractivity contribution in [1.82, 2.24) is 5.32 Å². The van der Waals surface area contributed by atoms with Crippen molar-refractivity contribution in [2.24, 2.45) is 0 Å². The zero-order chi connectivity index (χ0) is 50.1. The maximum Gasteiger partial charge on any atom is 0.306 e. The van der Waals surface area contributed by atoms with E-state index >= 15 is 0 Å². The first-order chi connectivity index (χ1) is 32.9. The molecule has 0 aromatic carbocycles. The van der Waals surface area contributed by atoms with Crippen LogP contribution in [0.3, 0.4) is 0 Å². The van der Waals surface area contributed by atoms with Gasteiger partial charge in [-0.1, -0.05) is 220 Å². The molecule has 0 saturated heterocycles. The zero-order valence-electron chi connectivity index (χ0n) is 44.0. The van der Waals surface area contributed by atoms with Gasteiger partial charge in [-0.25, -0.2) is 0 Å². The number of hydrogen-bond acceptors (Lipinski definition) is 7. The van der Waals surface area contributed by atoms with Gasteiger partial charge in [0.1, 0.15) is 19.3 Å². The number of ether oxygens (including phenoxy) is 1. The molecule has 0 fully saturated rings. The highest BCUT2D eigenvalue weighted by Crippen LogP contribution is 2.38. The van der Waals surface area contributed by atoms with Gasteiger partial charge in [0.15, 0.2) is 0 Å². The predicted octanol–water partition coefficient (Wildman–Crippen LogP) is 15.2. The van der Waals surface area contributed by atoms with Crippen molar-refractivity contribution in [1.29, 1.82) is 0 Å². The van der Waals surface area contributed by atoms with Crippen LogP contribution < -0.4 is 10.2 Å². The summed E-state index contributed by atoms with van der Waals surface area (Å²) in [6.45, 7) is 6.57. The number of allylic oxidation sites excluding steroid dienone is 17. The molecule has 68 heavy (non-hydrogen) atoms. The van der Waals surface area contributed by atoms with E-state index in [0.717, 1.165) is 57.8 Å². The van der Waals surface area contributed by atoms with E-state index in [4.69, 9.17) is 13.8 Å². The number of nitrogens with one attached hydrogen (secondary N) is 1. The van der Waals surface area contributed by atoms with Gasteiger partial charge in [0, 0.05) is 12.8 Å². The maximum absolute atomic E-state index is 13.4. The second kappa shape index (κ2) is 47.4. The number of quaternary nitrogens is 1. The molecule has 0 aliphatic carbocycles. The van der Waals surface area contributed by atoms with Gasteiger partial charge >= 0.3 is 5.97 Å². The number of esters is 1. The number of carbonyl (C=O) groups is 2. The van der Waals surface area contributed by atoms with Crippen molar-refractivity contribution < 1.29 is 37.3 Å². The minimum absolute atomic E-state index is 0.0450. The molecule has 0 aromatic heterocycles. The lowest BCUT2D eigenvalue weighted by Gasteiger charge is -2.30. The largest absolute Gasteiger partial charge is 0.756 e. The summed E-state index contributed by atoms with van der Waals surface area (Å²) in [5.41, 5.74) is 0. The van der Waals surface area contributed by atoms with E-state index < -0.39 is 32.5 Å². The molecule has 388 valence electrons. The molecule has 0 heterocycles. The number of carbonyl (C=O) groups excluding carboxylic acids is 2.